The Balaban J connectivity index is 2.83. The molecule has 2 heteroatoms. The van der Waals surface area contributed by atoms with Gasteiger partial charge in [0.2, 0.25) is 0 Å². The van der Waals surface area contributed by atoms with Crippen molar-refractivity contribution in [1.29, 1.82) is 0 Å². The largest absolute Gasteiger partial charge is 0.382 e. The first-order valence-electron chi connectivity index (χ1n) is 5.67. The molecule has 0 aliphatic rings. The first kappa shape index (κ1) is 12.9. The van der Waals surface area contributed by atoms with Crippen molar-refractivity contribution < 1.29 is 9.90 Å². The second-order valence-corrected chi connectivity index (χ2v) is 5.18. The molecule has 0 aromatic heterocycles. The molecule has 0 unspecified atom stereocenters. The van der Waals surface area contributed by atoms with Crippen molar-refractivity contribution >= 4 is 5.78 Å². The third-order valence-corrected chi connectivity index (χ3v) is 2.42. The number of Topliss-reactive ketones (excluding diaryl/α,β-unsaturated/α-hetero) is 1. The van der Waals surface area contributed by atoms with Gasteiger partial charge >= 0.3 is 0 Å². The summed E-state index contributed by atoms with van der Waals surface area (Å²) in [6.07, 6.45) is 1.01. The van der Waals surface area contributed by atoms with Crippen LogP contribution in [0.2, 0.25) is 0 Å². The molecule has 2 nitrogen and oxygen atoms in total. The summed E-state index contributed by atoms with van der Waals surface area (Å²) in [5.41, 5.74) is 0.502. The Labute approximate surface area is 97.3 Å². The molecular formula is C14H20O2. The molecule has 1 aromatic carbocycles. The van der Waals surface area contributed by atoms with E-state index in [2.05, 4.69) is 13.8 Å². The van der Waals surface area contributed by atoms with Gasteiger partial charge in [0.05, 0.1) is 0 Å². The molecule has 0 spiro atoms. The van der Waals surface area contributed by atoms with Gasteiger partial charge in [0, 0.05) is 5.56 Å². The van der Waals surface area contributed by atoms with Crippen LogP contribution in [0.5, 0.6) is 0 Å². The van der Waals surface area contributed by atoms with Crippen LogP contribution in [-0.4, -0.2) is 16.5 Å². The van der Waals surface area contributed by atoms with Crippen LogP contribution in [0.3, 0.4) is 0 Å². The fourth-order valence-electron chi connectivity index (χ4n) is 1.62. The van der Waals surface area contributed by atoms with Gasteiger partial charge in [-0.25, -0.2) is 0 Å². The van der Waals surface area contributed by atoms with Crippen molar-refractivity contribution in [2.24, 2.45) is 5.92 Å². The van der Waals surface area contributed by atoms with Gasteiger partial charge in [0.1, 0.15) is 5.60 Å². The van der Waals surface area contributed by atoms with Crippen LogP contribution < -0.4 is 0 Å². The third-order valence-electron chi connectivity index (χ3n) is 2.42. The van der Waals surface area contributed by atoms with E-state index in [0.717, 1.165) is 6.42 Å². The van der Waals surface area contributed by atoms with Gasteiger partial charge in [0.15, 0.2) is 5.78 Å². The number of carbonyl (C=O) groups excluding carboxylic acids is 1. The molecule has 0 fully saturated rings. The Morgan fingerprint density at radius 1 is 1.25 bits per heavy atom. The molecule has 1 N–H and O–H groups in total. The monoisotopic (exact) mass is 220 g/mol. The van der Waals surface area contributed by atoms with Crippen molar-refractivity contribution in [3.05, 3.63) is 35.4 Å². The summed E-state index contributed by atoms with van der Waals surface area (Å²) in [6.45, 7) is 7.35. The van der Waals surface area contributed by atoms with E-state index < -0.39 is 5.60 Å². The standard InChI is InChI=1S/C14H20O2/c1-10(2)9-11-5-7-12(8-6-11)13(15)14(3,4)16/h5-8,10,16H,9H2,1-4H3. The van der Waals surface area contributed by atoms with Crippen LogP contribution in [0, 0.1) is 5.92 Å². The van der Waals surface area contributed by atoms with Crippen molar-refractivity contribution in [2.45, 2.75) is 39.7 Å². The Morgan fingerprint density at radius 3 is 2.12 bits per heavy atom. The summed E-state index contributed by atoms with van der Waals surface area (Å²) in [5.74, 6) is 0.374. The summed E-state index contributed by atoms with van der Waals surface area (Å²) >= 11 is 0. The fourth-order valence-corrected chi connectivity index (χ4v) is 1.62. The van der Waals surface area contributed by atoms with Crippen LogP contribution in [-0.2, 0) is 6.42 Å². The molecule has 1 rings (SSSR count). The van der Waals surface area contributed by atoms with Crippen molar-refractivity contribution in [3.8, 4) is 0 Å². The molecule has 0 amide bonds. The molecule has 0 aliphatic heterocycles. The zero-order chi connectivity index (χ0) is 12.3. The first-order chi connectivity index (χ1) is 7.30. The average Bonchev–Trinajstić information content (AvgIpc) is 2.15. The van der Waals surface area contributed by atoms with E-state index in [-0.39, 0.29) is 5.78 Å². The summed E-state index contributed by atoms with van der Waals surface area (Å²) in [5, 5.41) is 9.60. The highest BCUT2D eigenvalue weighted by Crippen LogP contribution is 2.15. The molecule has 0 radical (unpaired) electrons. The lowest BCUT2D eigenvalue weighted by Gasteiger charge is -2.15. The Morgan fingerprint density at radius 2 is 1.75 bits per heavy atom. The van der Waals surface area contributed by atoms with Crippen LogP contribution in [0.15, 0.2) is 24.3 Å². The minimum atomic E-state index is -1.29. The van der Waals surface area contributed by atoms with E-state index in [1.165, 1.54) is 19.4 Å². The number of hydrogen-bond acceptors (Lipinski definition) is 2. The molecule has 0 bridgehead atoms. The lowest BCUT2D eigenvalue weighted by Crippen LogP contribution is -2.31. The lowest BCUT2D eigenvalue weighted by molar-refractivity contribution is 0.0488. The van der Waals surface area contributed by atoms with E-state index in [4.69, 9.17) is 0 Å². The number of ketones is 1. The van der Waals surface area contributed by atoms with Crippen LogP contribution in [0.25, 0.3) is 0 Å². The SMILES string of the molecule is CC(C)Cc1ccc(C(=O)C(C)(C)O)cc1. The summed E-state index contributed by atoms with van der Waals surface area (Å²) in [4.78, 5) is 11.7. The predicted molar refractivity (Wildman–Crippen MR) is 65.6 cm³/mol. The van der Waals surface area contributed by atoms with Crippen molar-refractivity contribution in [3.63, 3.8) is 0 Å². The van der Waals surface area contributed by atoms with Gasteiger partial charge in [0.25, 0.3) is 0 Å². The number of benzene rings is 1. The van der Waals surface area contributed by atoms with Crippen molar-refractivity contribution in [2.75, 3.05) is 0 Å². The Kier molecular flexibility index (Phi) is 3.87. The highest BCUT2D eigenvalue weighted by Gasteiger charge is 2.24. The maximum Gasteiger partial charge on any atom is 0.193 e. The normalized spacial score (nSPS) is 11.9. The van der Waals surface area contributed by atoms with E-state index in [1.54, 1.807) is 12.1 Å². The van der Waals surface area contributed by atoms with E-state index >= 15 is 0 Å². The van der Waals surface area contributed by atoms with Crippen molar-refractivity contribution in [1.82, 2.24) is 0 Å². The minimum Gasteiger partial charge on any atom is -0.382 e. The molecule has 0 atom stereocenters. The average molecular weight is 220 g/mol. The second kappa shape index (κ2) is 4.79. The third kappa shape index (κ3) is 3.46. The van der Waals surface area contributed by atoms with Crippen LogP contribution in [0.1, 0.15) is 43.6 Å². The van der Waals surface area contributed by atoms with E-state index in [9.17, 15) is 9.90 Å². The van der Waals surface area contributed by atoms with Crippen LogP contribution >= 0.6 is 0 Å². The molecule has 16 heavy (non-hydrogen) atoms. The number of hydrogen-bond donors (Lipinski definition) is 1. The molecule has 1 aromatic rings. The maximum atomic E-state index is 11.7. The number of aliphatic hydroxyl groups is 1. The highest BCUT2D eigenvalue weighted by atomic mass is 16.3. The van der Waals surface area contributed by atoms with E-state index in [1.807, 2.05) is 12.1 Å². The fraction of sp³-hybridized carbons (Fsp3) is 0.500. The molecule has 0 aliphatic carbocycles. The smallest absolute Gasteiger partial charge is 0.193 e. The number of carbonyl (C=O) groups is 1. The summed E-state index contributed by atoms with van der Waals surface area (Å²) < 4.78 is 0. The number of rotatable bonds is 4. The minimum absolute atomic E-state index is 0.233. The van der Waals surface area contributed by atoms with Gasteiger partial charge in [-0.15, -0.1) is 0 Å². The Bertz CT molecular complexity index is 355. The van der Waals surface area contributed by atoms with Gasteiger partial charge < -0.3 is 5.11 Å². The maximum absolute atomic E-state index is 11.7. The zero-order valence-corrected chi connectivity index (χ0v) is 10.4. The lowest BCUT2D eigenvalue weighted by atomic mass is 9.95. The van der Waals surface area contributed by atoms with Crippen LogP contribution in [0.4, 0.5) is 0 Å². The molecule has 88 valence electrons. The molecule has 0 heterocycles. The molecule has 0 saturated carbocycles. The zero-order valence-electron chi connectivity index (χ0n) is 10.4. The van der Waals surface area contributed by atoms with Gasteiger partial charge in [-0.2, -0.15) is 0 Å². The van der Waals surface area contributed by atoms with E-state index in [0.29, 0.717) is 11.5 Å². The quantitative estimate of drug-likeness (QED) is 0.792. The van der Waals surface area contributed by atoms with Gasteiger partial charge in [-0.05, 0) is 31.7 Å². The molecular weight excluding hydrogens is 200 g/mol. The topological polar surface area (TPSA) is 37.3 Å². The Hall–Kier alpha value is -1.15. The predicted octanol–water partition coefficient (Wildman–Crippen LogP) is 2.84. The summed E-state index contributed by atoms with van der Waals surface area (Å²) in [6, 6.07) is 7.49. The highest BCUT2D eigenvalue weighted by molar-refractivity contribution is 6.01. The summed E-state index contributed by atoms with van der Waals surface area (Å²) in [7, 11) is 0. The molecule has 0 saturated heterocycles. The second-order valence-electron chi connectivity index (χ2n) is 5.18. The first-order valence-corrected chi connectivity index (χ1v) is 5.67. The van der Waals surface area contributed by atoms with Gasteiger partial charge in [-0.1, -0.05) is 38.1 Å². The van der Waals surface area contributed by atoms with Gasteiger partial charge in [-0.3, -0.25) is 4.79 Å².